The zero-order valence-corrected chi connectivity index (χ0v) is 8.60. The van der Waals surface area contributed by atoms with E-state index < -0.39 is 0 Å². The van der Waals surface area contributed by atoms with Gasteiger partial charge in [0.05, 0.1) is 0 Å². The zero-order chi connectivity index (χ0) is 9.42. The first kappa shape index (κ1) is 8.98. The molecule has 1 fully saturated rings. The normalized spacial score (nSPS) is 34.8. The van der Waals surface area contributed by atoms with E-state index in [-0.39, 0.29) is 0 Å². The molecule has 13 heavy (non-hydrogen) atoms. The smallest absolute Gasteiger partial charge is 0.136 e. The summed E-state index contributed by atoms with van der Waals surface area (Å²) in [5, 5.41) is 0. The van der Waals surface area contributed by atoms with Crippen molar-refractivity contribution < 1.29 is 4.79 Å². The van der Waals surface area contributed by atoms with Gasteiger partial charge in [-0.15, -0.1) is 0 Å². The fourth-order valence-corrected chi connectivity index (χ4v) is 2.78. The molecule has 2 atom stereocenters. The third-order valence-corrected chi connectivity index (χ3v) is 3.80. The third kappa shape index (κ3) is 1.56. The summed E-state index contributed by atoms with van der Waals surface area (Å²) in [7, 11) is 0. The summed E-state index contributed by atoms with van der Waals surface area (Å²) in [6.07, 6.45) is 5.48. The highest BCUT2D eigenvalue weighted by atomic mass is 16.1. The third-order valence-electron chi connectivity index (χ3n) is 3.80. The first-order chi connectivity index (χ1) is 6.18. The van der Waals surface area contributed by atoms with E-state index in [0.717, 1.165) is 19.3 Å². The number of fused-ring (bicyclic) bond motifs is 1. The van der Waals surface area contributed by atoms with Gasteiger partial charge < -0.3 is 0 Å². The van der Waals surface area contributed by atoms with E-state index in [9.17, 15) is 4.79 Å². The molecule has 0 aliphatic heterocycles. The van der Waals surface area contributed by atoms with Crippen molar-refractivity contribution in [2.45, 2.75) is 46.0 Å². The molecule has 0 aromatic heterocycles. The molecule has 0 amide bonds. The summed E-state index contributed by atoms with van der Waals surface area (Å²) in [6, 6.07) is 0. The van der Waals surface area contributed by atoms with Crippen molar-refractivity contribution >= 4 is 5.78 Å². The molecular formula is C12H18O. The first-order valence-corrected chi connectivity index (χ1v) is 5.36. The minimum atomic E-state index is 0.387. The number of hydrogen-bond donors (Lipinski definition) is 0. The SMILES string of the molecule is CC1=C(C)CC2C(=O)CCCC2C1. The number of hydrogen-bond acceptors (Lipinski definition) is 1. The van der Waals surface area contributed by atoms with Crippen molar-refractivity contribution in [3.8, 4) is 0 Å². The van der Waals surface area contributed by atoms with Gasteiger partial charge in [-0.2, -0.15) is 0 Å². The van der Waals surface area contributed by atoms with E-state index in [1.807, 2.05) is 0 Å². The van der Waals surface area contributed by atoms with Gasteiger partial charge in [-0.3, -0.25) is 4.79 Å². The molecular weight excluding hydrogens is 160 g/mol. The van der Waals surface area contributed by atoms with Crippen LogP contribution in [-0.2, 0) is 4.79 Å². The van der Waals surface area contributed by atoms with Gasteiger partial charge in [0.15, 0.2) is 0 Å². The number of rotatable bonds is 0. The van der Waals surface area contributed by atoms with Crippen molar-refractivity contribution in [3.05, 3.63) is 11.1 Å². The molecule has 1 saturated carbocycles. The van der Waals surface area contributed by atoms with Gasteiger partial charge in [0.1, 0.15) is 5.78 Å². The second-order valence-corrected chi connectivity index (χ2v) is 4.69. The van der Waals surface area contributed by atoms with Crippen molar-refractivity contribution in [1.82, 2.24) is 0 Å². The molecule has 0 radical (unpaired) electrons. The molecule has 2 aliphatic carbocycles. The Hall–Kier alpha value is -0.590. The number of Topliss-reactive ketones (excluding diaryl/α,β-unsaturated/α-hetero) is 1. The van der Waals surface area contributed by atoms with Gasteiger partial charge in [-0.05, 0) is 45.4 Å². The molecule has 0 spiro atoms. The maximum Gasteiger partial charge on any atom is 0.136 e. The molecule has 2 unspecified atom stereocenters. The lowest BCUT2D eigenvalue weighted by Crippen LogP contribution is -2.31. The first-order valence-electron chi connectivity index (χ1n) is 5.36. The maximum atomic E-state index is 11.7. The number of ketones is 1. The molecule has 0 saturated heterocycles. The van der Waals surface area contributed by atoms with E-state index in [1.54, 1.807) is 0 Å². The summed E-state index contributed by atoms with van der Waals surface area (Å²) < 4.78 is 0. The monoisotopic (exact) mass is 178 g/mol. The lowest BCUT2D eigenvalue weighted by molar-refractivity contribution is -0.126. The number of allylic oxidation sites excluding steroid dienone is 2. The number of carbonyl (C=O) groups is 1. The highest BCUT2D eigenvalue weighted by molar-refractivity contribution is 5.82. The van der Waals surface area contributed by atoms with E-state index in [2.05, 4.69) is 13.8 Å². The molecule has 0 bridgehead atoms. The molecule has 0 N–H and O–H groups in total. The van der Waals surface area contributed by atoms with Crippen molar-refractivity contribution in [2.24, 2.45) is 11.8 Å². The fourth-order valence-electron chi connectivity index (χ4n) is 2.78. The maximum absolute atomic E-state index is 11.7. The fraction of sp³-hybridized carbons (Fsp3) is 0.750. The van der Waals surface area contributed by atoms with Gasteiger partial charge >= 0.3 is 0 Å². The van der Waals surface area contributed by atoms with Crippen LogP contribution in [0.15, 0.2) is 11.1 Å². The Morgan fingerprint density at radius 3 is 2.62 bits per heavy atom. The van der Waals surface area contributed by atoms with Gasteiger partial charge in [-0.25, -0.2) is 0 Å². The van der Waals surface area contributed by atoms with Gasteiger partial charge in [-0.1, -0.05) is 11.1 Å². The predicted octanol–water partition coefficient (Wildman–Crippen LogP) is 3.10. The highest BCUT2D eigenvalue weighted by Crippen LogP contribution is 2.40. The van der Waals surface area contributed by atoms with Crippen LogP contribution in [0.5, 0.6) is 0 Å². The average molecular weight is 178 g/mol. The summed E-state index contributed by atoms with van der Waals surface area (Å²) in [5.41, 5.74) is 3.01. The Bertz CT molecular complexity index is 262. The summed E-state index contributed by atoms with van der Waals surface area (Å²) in [4.78, 5) is 11.7. The van der Waals surface area contributed by atoms with Crippen LogP contribution in [0.3, 0.4) is 0 Å². The standard InChI is InChI=1S/C12H18O/c1-8-6-10-4-3-5-12(13)11(10)7-9(8)2/h10-11H,3-7H2,1-2H3. The molecule has 2 rings (SSSR count). The molecule has 72 valence electrons. The average Bonchev–Trinajstić information content (AvgIpc) is 2.09. The molecule has 0 heterocycles. The Morgan fingerprint density at radius 2 is 1.85 bits per heavy atom. The van der Waals surface area contributed by atoms with Crippen LogP contribution in [-0.4, -0.2) is 5.78 Å². The van der Waals surface area contributed by atoms with Crippen molar-refractivity contribution in [2.75, 3.05) is 0 Å². The lowest BCUT2D eigenvalue weighted by Gasteiger charge is -2.35. The second kappa shape index (κ2) is 3.28. The van der Waals surface area contributed by atoms with Crippen molar-refractivity contribution in [1.29, 1.82) is 0 Å². The van der Waals surface area contributed by atoms with Gasteiger partial charge in [0.25, 0.3) is 0 Å². The number of carbonyl (C=O) groups excluding carboxylic acids is 1. The van der Waals surface area contributed by atoms with E-state index in [4.69, 9.17) is 0 Å². The largest absolute Gasteiger partial charge is 0.299 e. The van der Waals surface area contributed by atoms with Crippen LogP contribution in [0.4, 0.5) is 0 Å². The highest BCUT2D eigenvalue weighted by Gasteiger charge is 2.34. The summed E-state index contributed by atoms with van der Waals surface area (Å²) in [6.45, 7) is 4.41. The van der Waals surface area contributed by atoms with Crippen LogP contribution < -0.4 is 0 Å². The molecule has 2 aliphatic rings. The van der Waals surface area contributed by atoms with Crippen LogP contribution >= 0.6 is 0 Å². The second-order valence-electron chi connectivity index (χ2n) is 4.69. The Labute approximate surface area is 80.2 Å². The minimum Gasteiger partial charge on any atom is -0.299 e. The van der Waals surface area contributed by atoms with Gasteiger partial charge in [0.2, 0.25) is 0 Å². The minimum absolute atomic E-state index is 0.387. The molecule has 0 aromatic rings. The van der Waals surface area contributed by atoms with Gasteiger partial charge in [0, 0.05) is 12.3 Å². The molecule has 0 aromatic carbocycles. The lowest BCUT2D eigenvalue weighted by atomic mass is 9.69. The Kier molecular flexibility index (Phi) is 2.27. The van der Waals surface area contributed by atoms with E-state index in [1.165, 1.54) is 24.0 Å². The zero-order valence-electron chi connectivity index (χ0n) is 8.60. The van der Waals surface area contributed by atoms with Crippen LogP contribution in [0.2, 0.25) is 0 Å². The van der Waals surface area contributed by atoms with Crippen molar-refractivity contribution in [3.63, 3.8) is 0 Å². The van der Waals surface area contributed by atoms with Crippen LogP contribution in [0.25, 0.3) is 0 Å². The molecule has 1 heteroatoms. The predicted molar refractivity (Wildman–Crippen MR) is 53.4 cm³/mol. The Balaban J connectivity index is 2.20. The molecule has 1 nitrogen and oxygen atoms in total. The Morgan fingerprint density at radius 1 is 1.15 bits per heavy atom. The van der Waals surface area contributed by atoms with Crippen LogP contribution in [0, 0.1) is 11.8 Å². The van der Waals surface area contributed by atoms with E-state index in [0.29, 0.717) is 17.6 Å². The van der Waals surface area contributed by atoms with E-state index >= 15 is 0 Å². The summed E-state index contributed by atoms with van der Waals surface area (Å²) >= 11 is 0. The van der Waals surface area contributed by atoms with Crippen LogP contribution in [0.1, 0.15) is 46.0 Å². The summed E-state index contributed by atoms with van der Waals surface area (Å²) in [5.74, 6) is 1.60. The topological polar surface area (TPSA) is 17.1 Å². The quantitative estimate of drug-likeness (QED) is 0.521.